The second kappa shape index (κ2) is 5.07. The highest BCUT2D eigenvalue weighted by Gasteiger charge is 2.43. The monoisotopic (exact) mass is 238 g/mol. The highest BCUT2D eigenvalue weighted by molar-refractivity contribution is 5.95. The van der Waals surface area contributed by atoms with E-state index in [1.54, 1.807) is 4.90 Å². The summed E-state index contributed by atoms with van der Waals surface area (Å²) >= 11 is 0. The quantitative estimate of drug-likeness (QED) is 0.742. The molecule has 0 aliphatic carbocycles. The van der Waals surface area contributed by atoms with Crippen LogP contribution in [0.15, 0.2) is 0 Å². The molecule has 2 saturated heterocycles. The maximum atomic E-state index is 12.4. The van der Waals surface area contributed by atoms with E-state index in [0.29, 0.717) is 6.54 Å². The topological polar surface area (TPSA) is 40.6 Å². The molecule has 0 spiro atoms. The molecule has 2 unspecified atom stereocenters. The SMILES string of the molecule is CCCC(CC)N1CC(=O)N2CCCC2C1=O. The van der Waals surface area contributed by atoms with Gasteiger partial charge < -0.3 is 9.80 Å². The Morgan fingerprint density at radius 2 is 2.12 bits per heavy atom. The molecule has 2 aliphatic rings. The standard InChI is InChI=1S/C13H22N2O2/c1-3-6-10(4-2)15-9-12(16)14-8-5-7-11(14)13(15)17/h10-11H,3-9H2,1-2H3. The Labute approximate surface area is 103 Å². The molecule has 0 aromatic heterocycles. The predicted molar refractivity (Wildman–Crippen MR) is 65.4 cm³/mol. The predicted octanol–water partition coefficient (Wildman–Crippen LogP) is 1.40. The van der Waals surface area contributed by atoms with Crippen molar-refractivity contribution in [3.63, 3.8) is 0 Å². The van der Waals surface area contributed by atoms with Crippen LogP contribution >= 0.6 is 0 Å². The lowest BCUT2D eigenvalue weighted by Gasteiger charge is -2.40. The van der Waals surface area contributed by atoms with Gasteiger partial charge in [0.2, 0.25) is 11.8 Å². The lowest BCUT2D eigenvalue weighted by atomic mass is 10.0. The van der Waals surface area contributed by atoms with Gasteiger partial charge in [0.1, 0.15) is 12.6 Å². The molecule has 2 atom stereocenters. The number of nitrogens with zero attached hydrogens (tertiary/aromatic N) is 2. The molecule has 0 radical (unpaired) electrons. The van der Waals surface area contributed by atoms with Gasteiger partial charge in [-0.25, -0.2) is 0 Å². The van der Waals surface area contributed by atoms with E-state index in [1.165, 1.54) is 0 Å². The molecule has 2 heterocycles. The van der Waals surface area contributed by atoms with Crippen molar-refractivity contribution in [2.45, 2.75) is 58.0 Å². The van der Waals surface area contributed by atoms with Crippen LogP contribution in [0, 0.1) is 0 Å². The zero-order chi connectivity index (χ0) is 12.4. The molecule has 0 bridgehead atoms. The van der Waals surface area contributed by atoms with Crippen LogP contribution in [0.25, 0.3) is 0 Å². The molecule has 17 heavy (non-hydrogen) atoms. The van der Waals surface area contributed by atoms with E-state index in [0.717, 1.165) is 38.6 Å². The average molecular weight is 238 g/mol. The van der Waals surface area contributed by atoms with Crippen molar-refractivity contribution in [1.82, 2.24) is 9.80 Å². The van der Waals surface area contributed by atoms with E-state index in [-0.39, 0.29) is 23.9 Å². The highest BCUT2D eigenvalue weighted by atomic mass is 16.2. The first-order valence-electron chi connectivity index (χ1n) is 6.79. The first-order chi connectivity index (χ1) is 8.19. The van der Waals surface area contributed by atoms with Gasteiger partial charge in [-0.3, -0.25) is 9.59 Å². The number of carbonyl (C=O) groups excluding carboxylic acids is 2. The summed E-state index contributed by atoms with van der Waals surface area (Å²) in [6, 6.07) is 0.0985. The van der Waals surface area contributed by atoms with Crippen molar-refractivity contribution < 1.29 is 9.59 Å². The van der Waals surface area contributed by atoms with Crippen molar-refractivity contribution in [1.29, 1.82) is 0 Å². The molecule has 0 N–H and O–H groups in total. The summed E-state index contributed by atoms with van der Waals surface area (Å²) in [4.78, 5) is 28.0. The van der Waals surface area contributed by atoms with Crippen LogP contribution in [0.3, 0.4) is 0 Å². The number of piperazine rings is 1. The second-order valence-corrected chi connectivity index (χ2v) is 5.06. The summed E-state index contributed by atoms with van der Waals surface area (Å²) < 4.78 is 0. The fraction of sp³-hybridized carbons (Fsp3) is 0.846. The summed E-state index contributed by atoms with van der Waals surface area (Å²) in [5.41, 5.74) is 0. The van der Waals surface area contributed by atoms with Crippen LogP contribution in [0.1, 0.15) is 46.0 Å². The van der Waals surface area contributed by atoms with Gasteiger partial charge in [0.25, 0.3) is 0 Å². The lowest BCUT2D eigenvalue weighted by molar-refractivity contribution is -0.156. The van der Waals surface area contributed by atoms with Crippen molar-refractivity contribution >= 4 is 11.8 Å². The fourth-order valence-electron chi connectivity index (χ4n) is 3.05. The van der Waals surface area contributed by atoms with Crippen molar-refractivity contribution in [2.24, 2.45) is 0 Å². The van der Waals surface area contributed by atoms with Crippen LogP contribution < -0.4 is 0 Å². The second-order valence-electron chi connectivity index (χ2n) is 5.06. The normalized spacial score (nSPS) is 26.4. The van der Waals surface area contributed by atoms with Crippen LogP contribution in [0.2, 0.25) is 0 Å². The number of rotatable bonds is 4. The smallest absolute Gasteiger partial charge is 0.246 e. The average Bonchev–Trinajstić information content (AvgIpc) is 2.81. The van der Waals surface area contributed by atoms with Crippen molar-refractivity contribution in [3.8, 4) is 0 Å². The molecule has 2 amide bonds. The molecule has 0 aromatic carbocycles. The Kier molecular flexibility index (Phi) is 3.69. The number of hydrogen-bond donors (Lipinski definition) is 0. The van der Waals surface area contributed by atoms with Gasteiger partial charge >= 0.3 is 0 Å². The van der Waals surface area contributed by atoms with Crippen LogP contribution in [0.5, 0.6) is 0 Å². The summed E-state index contributed by atoms with van der Waals surface area (Å²) in [7, 11) is 0. The zero-order valence-corrected chi connectivity index (χ0v) is 10.8. The Hall–Kier alpha value is -1.06. The van der Waals surface area contributed by atoms with Gasteiger partial charge in [-0.15, -0.1) is 0 Å². The van der Waals surface area contributed by atoms with Crippen molar-refractivity contribution in [3.05, 3.63) is 0 Å². The van der Waals surface area contributed by atoms with Gasteiger partial charge in [-0.05, 0) is 25.7 Å². The number of amides is 2. The molecule has 2 rings (SSSR count). The van der Waals surface area contributed by atoms with Crippen LogP contribution in [0.4, 0.5) is 0 Å². The van der Waals surface area contributed by atoms with E-state index in [2.05, 4.69) is 13.8 Å². The summed E-state index contributed by atoms with van der Waals surface area (Å²) in [5.74, 6) is 0.323. The Morgan fingerprint density at radius 1 is 1.35 bits per heavy atom. The largest absolute Gasteiger partial charge is 0.329 e. The van der Waals surface area contributed by atoms with Crippen LogP contribution in [-0.2, 0) is 9.59 Å². The number of fused-ring (bicyclic) bond motifs is 1. The highest BCUT2D eigenvalue weighted by Crippen LogP contribution is 2.26. The molecule has 2 fully saturated rings. The molecule has 4 nitrogen and oxygen atoms in total. The van der Waals surface area contributed by atoms with E-state index in [4.69, 9.17) is 0 Å². The molecular formula is C13H22N2O2. The van der Waals surface area contributed by atoms with Crippen molar-refractivity contribution in [2.75, 3.05) is 13.1 Å². The van der Waals surface area contributed by atoms with E-state index in [9.17, 15) is 9.59 Å². The summed E-state index contributed by atoms with van der Waals surface area (Å²) in [5, 5.41) is 0. The maximum Gasteiger partial charge on any atom is 0.246 e. The molecule has 96 valence electrons. The van der Waals surface area contributed by atoms with Gasteiger partial charge in [0.05, 0.1) is 0 Å². The van der Waals surface area contributed by atoms with E-state index >= 15 is 0 Å². The molecule has 0 aromatic rings. The Bertz CT molecular complexity index is 317. The Morgan fingerprint density at radius 3 is 2.76 bits per heavy atom. The fourth-order valence-corrected chi connectivity index (χ4v) is 3.05. The third-order valence-electron chi connectivity index (χ3n) is 3.98. The summed E-state index contributed by atoms with van der Waals surface area (Å²) in [6.45, 7) is 5.29. The maximum absolute atomic E-state index is 12.4. The minimum absolute atomic E-state index is 0.140. The number of carbonyl (C=O) groups is 2. The van der Waals surface area contributed by atoms with Crippen LogP contribution in [-0.4, -0.2) is 46.8 Å². The summed E-state index contributed by atoms with van der Waals surface area (Å²) in [6.07, 6.45) is 4.83. The van der Waals surface area contributed by atoms with Gasteiger partial charge in [0.15, 0.2) is 0 Å². The van der Waals surface area contributed by atoms with E-state index < -0.39 is 0 Å². The number of hydrogen-bond acceptors (Lipinski definition) is 2. The zero-order valence-electron chi connectivity index (χ0n) is 10.8. The first-order valence-corrected chi connectivity index (χ1v) is 6.79. The van der Waals surface area contributed by atoms with E-state index in [1.807, 2.05) is 4.90 Å². The first kappa shape index (κ1) is 12.4. The Balaban J connectivity index is 2.13. The third-order valence-corrected chi connectivity index (χ3v) is 3.98. The van der Waals surface area contributed by atoms with Gasteiger partial charge in [-0.1, -0.05) is 20.3 Å². The van der Waals surface area contributed by atoms with Gasteiger partial charge in [0, 0.05) is 12.6 Å². The lowest BCUT2D eigenvalue weighted by Crippen LogP contribution is -2.59. The molecular weight excluding hydrogens is 216 g/mol. The molecule has 2 aliphatic heterocycles. The molecule has 0 saturated carbocycles. The minimum atomic E-state index is -0.151. The molecule has 4 heteroatoms. The third kappa shape index (κ3) is 2.17. The van der Waals surface area contributed by atoms with Gasteiger partial charge in [-0.2, -0.15) is 0 Å². The minimum Gasteiger partial charge on any atom is -0.329 e.